The van der Waals surface area contributed by atoms with Gasteiger partial charge >= 0.3 is 5.97 Å². The first-order chi connectivity index (χ1) is 10.4. The van der Waals surface area contributed by atoms with Crippen molar-refractivity contribution in [3.8, 4) is 0 Å². The standard InChI is InChI=1S/C16H25N3O3/c1-16(2,3)14-11(6-5-9-22-14)10-17-13-8-7-12(18-19-13)15(20)21-4/h7-8,11,14H,5-6,9-10H2,1-4H3,(H,17,19). The van der Waals surface area contributed by atoms with E-state index in [1.165, 1.54) is 7.11 Å². The summed E-state index contributed by atoms with van der Waals surface area (Å²) in [5, 5.41) is 11.2. The number of carbonyl (C=O) groups is 1. The molecule has 1 N–H and O–H groups in total. The molecule has 22 heavy (non-hydrogen) atoms. The van der Waals surface area contributed by atoms with Crippen molar-refractivity contribution < 1.29 is 14.3 Å². The Labute approximate surface area is 131 Å². The third-order valence-corrected chi connectivity index (χ3v) is 3.90. The fraction of sp³-hybridized carbons (Fsp3) is 0.688. The summed E-state index contributed by atoms with van der Waals surface area (Å²) in [5.74, 6) is 0.620. The summed E-state index contributed by atoms with van der Waals surface area (Å²) in [6, 6.07) is 3.36. The van der Waals surface area contributed by atoms with E-state index >= 15 is 0 Å². The molecule has 0 aromatic carbocycles. The van der Waals surface area contributed by atoms with Gasteiger partial charge in [0.25, 0.3) is 0 Å². The number of hydrogen-bond donors (Lipinski definition) is 1. The van der Waals surface area contributed by atoms with Crippen LogP contribution in [0.2, 0.25) is 0 Å². The highest BCUT2D eigenvalue weighted by Gasteiger charge is 2.35. The van der Waals surface area contributed by atoms with Gasteiger partial charge in [-0.15, -0.1) is 10.2 Å². The first kappa shape index (κ1) is 16.7. The first-order valence-electron chi connectivity index (χ1n) is 7.69. The van der Waals surface area contributed by atoms with Gasteiger partial charge in [0, 0.05) is 19.1 Å². The van der Waals surface area contributed by atoms with Crippen molar-refractivity contribution in [3.63, 3.8) is 0 Å². The van der Waals surface area contributed by atoms with Gasteiger partial charge < -0.3 is 14.8 Å². The number of carbonyl (C=O) groups excluding carboxylic acids is 1. The Bertz CT molecular complexity index is 496. The maximum Gasteiger partial charge on any atom is 0.358 e. The zero-order valence-electron chi connectivity index (χ0n) is 13.8. The summed E-state index contributed by atoms with van der Waals surface area (Å²) in [7, 11) is 1.33. The predicted octanol–water partition coefficient (Wildman–Crippen LogP) is 2.52. The molecule has 1 aliphatic heterocycles. The van der Waals surface area contributed by atoms with Crippen LogP contribution >= 0.6 is 0 Å². The molecule has 6 heteroatoms. The lowest BCUT2D eigenvalue weighted by atomic mass is 9.78. The molecule has 2 atom stereocenters. The molecule has 0 spiro atoms. The van der Waals surface area contributed by atoms with Crippen molar-refractivity contribution in [1.29, 1.82) is 0 Å². The van der Waals surface area contributed by atoms with Crippen LogP contribution < -0.4 is 5.32 Å². The van der Waals surface area contributed by atoms with Crippen LogP contribution in [0.4, 0.5) is 5.82 Å². The van der Waals surface area contributed by atoms with E-state index in [-0.39, 0.29) is 17.2 Å². The Morgan fingerprint density at radius 1 is 1.41 bits per heavy atom. The molecule has 1 saturated heterocycles. The summed E-state index contributed by atoms with van der Waals surface area (Å²) in [4.78, 5) is 11.3. The summed E-state index contributed by atoms with van der Waals surface area (Å²) in [6.07, 6.45) is 2.46. The van der Waals surface area contributed by atoms with E-state index in [0.29, 0.717) is 11.7 Å². The van der Waals surface area contributed by atoms with Gasteiger partial charge in [0.15, 0.2) is 5.69 Å². The van der Waals surface area contributed by atoms with Crippen molar-refractivity contribution in [2.45, 2.75) is 39.7 Å². The van der Waals surface area contributed by atoms with Gasteiger partial charge in [-0.1, -0.05) is 20.8 Å². The minimum absolute atomic E-state index is 0.118. The number of aromatic nitrogens is 2. The van der Waals surface area contributed by atoms with Gasteiger partial charge in [-0.25, -0.2) is 4.79 Å². The van der Waals surface area contributed by atoms with Crippen molar-refractivity contribution in [2.24, 2.45) is 11.3 Å². The maximum absolute atomic E-state index is 11.3. The SMILES string of the molecule is COC(=O)c1ccc(NCC2CCCOC2C(C)(C)C)nn1. The smallest absolute Gasteiger partial charge is 0.358 e. The molecule has 0 amide bonds. The number of methoxy groups -OCH3 is 1. The minimum Gasteiger partial charge on any atom is -0.464 e. The second kappa shape index (κ2) is 7.05. The monoisotopic (exact) mass is 307 g/mol. The lowest BCUT2D eigenvalue weighted by molar-refractivity contribution is -0.0814. The number of hydrogen-bond acceptors (Lipinski definition) is 6. The van der Waals surface area contributed by atoms with Gasteiger partial charge in [-0.2, -0.15) is 0 Å². The third kappa shape index (κ3) is 4.16. The molecule has 2 rings (SSSR count). The molecule has 6 nitrogen and oxygen atoms in total. The van der Waals surface area contributed by atoms with Gasteiger partial charge in [0.05, 0.1) is 13.2 Å². The van der Waals surface area contributed by atoms with E-state index in [0.717, 1.165) is 26.0 Å². The normalized spacial score (nSPS) is 22.2. The van der Waals surface area contributed by atoms with Crippen LogP contribution in [-0.2, 0) is 9.47 Å². The highest BCUT2D eigenvalue weighted by atomic mass is 16.5. The Morgan fingerprint density at radius 3 is 2.77 bits per heavy atom. The average Bonchev–Trinajstić information content (AvgIpc) is 2.52. The lowest BCUT2D eigenvalue weighted by Gasteiger charge is -2.40. The van der Waals surface area contributed by atoms with Crippen molar-refractivity contribution in [3.05, 3.63) is 17.8 Å². The van der Waals surface area contributed by atoms with E-state index < -0.39 is 5.97 Å². The van der Waals surface area contributed by atoms with E-state index in [4.69, 9.17) is 4.74 Å². The van der Waals surface area contributed by atoms with Crippen LogP contribution in [-0.4, -0.2) is 42.5 Å². The fourth-order valence-electron chi connectivity index (χ4n) is 2.89. The number of anilines is 1. The van der Waals surface area contributed by atoms with Crippen LogP contribution in [0.3, 0.4) is 0 Å². The van der Waals surface area contributed by atoms with Crippen LogP contribution in [0.1, 0.15) is 44.1 Å². The molecular weight excluding hydrogens is 282 g/mol. The highest BCUT2D eigenvalue weighted by molar-refractivity contribution is 5.86. The van der Waals surface area contributed by atoms with E-state index in [2.05, 4.69) is 41.0 Å². The molecule has 0 radical (unpaired) electrons. The maximum atomic E-state index is 11.3. The largest absolute Gasteiger partial charge is 0.464 e. The molecule has 1 aliphatic rings. The molecular formula is C16H25N3O3. The van der Waals surface area contributed by atoms with Gasteiger partial charge in [0.1, 0.15) is 5.82 Å². The first-order valence-corrected chi connectivity index (χ1v) is 7.69. The van der Waals surface area contributed by atoms with E-state index in [1.807, 2.05) is 0 Å². The Morgan fingerprint density at radius 2 is 2.18 bits per heavy atom. The predicted molar refractivity (Wildman–Crippen MR) is 83.8 cm³/mol. The highest BCUT2D eigenvalue weighted by Crippen LogP contribution is 2.34. The number of esters is 1. The lowest BCUT2D eigenvalue weighted by Crippen LogP contribution is -2.42. The summed E-state index contributed by atoms with van der Waals surface area (Å²) in [5.41, 5.74) is 0.328. The third-order valence-electron chi connectivity index (χ3n) is 3.90. The molecule has 2 unspecified atom stereocenters. The van der Waals surface area contributed by atoms with Gasteiger partial charge in [-0.05, 0) is 30.4 Å². The van der Waals surface area contributed by atoms with Crippen molar-refractivity contribution >= 4 is 11.8 Å². The van der Waals surface area contributed by atoms with Crippen LogP contribution in [0.15, 0.2) is 12.1 Å². The summed E-state index contributed by atoms with van der Waals surface area (Å²) < 4.78 is 10.6. The van der Waals surface area contributed by atoms with Crippen LogP contribution in [0.5, 0.6) is 0 Å². The fourth-order valence-corrected chi connectivity index (χ4v) is 2.89. The zero-order chi connectivity index (χ0) is 16.2. The molecule has 1 fully saturated rings. The van der Waals surface area contributed by atoms with Crippen LogP contribution in [0, 0.1) is 11.3 Å². The van der Waals surface area contributed by atoms with Gasteiger partial charge in [-0.3, -0.25) is 0 Å². The average molecular weight is 307 g/mol. The number of ether oxygens (including phenoxy) is 2. The summed E-state index contributed by atoms with van der Waals surface area (Å²) in [6.45, 7) is 8.25. The van der Waals surface area contributed by atoms with Crippen molar-refractivity contribution in [1.82, 2.24) is 10.2 Å². The quantitative estimate of drug-likeness (QED) is 0.862. The van der Waals surface area contributed by atoms with Gasteiger partial charge in [0.2, 0.25) is 0 Å². The molecule has 2 heterocycles. The van der Waals surface area contributed by atoms with Crippen molar-refractivity contribution in [2.75, 3.05) is 25.6 Å². The Kier molecular flexibility index (Phi) is 5.34. The zero-order valence-corrected chi connectivity index (χ0v) is 13.8. The second-order valence-electron chi connectivity index (χ2n) is 6.74. The minimum atomic E-state index is -0.479. The van der Waals surface area contributed by atoms with Crippen LogP contribution in [0.25, 0.3) is 0 Å². The summed E-state index contributed by atoms with van der Waals surface area (Å²) >= 11 is 0. The molecule has 0 bridgehead atoms. The Balaban J connectivity index is 1.95. The molecule has 1 aromatic heterocycles. The van der Waals surface area contributed by atoms with E-state index in [9.17, 15) is 4.79 Å². The second-order valence-corrected chi connectivity index (χ2v) is 6.74. The Hall–Kier alpha value is -1.69. The number of nitrogens with zero attached hydrogens (tertiary/aromatic N) is 2. The number of nitrogens with one attached hydrogen (secondary N) is 1. The molecule has 122 valence electrons. The number of rotatable bonds is 4. The topological polar surface area (TPSA) is 73.3 Å². The molecule has 0 aliphatic carbocycles. The molecule has 0 saturated carbocycles. The molecule has 1 aromatic rings. The van der Waals surface area contributed by atoms with E-state index in [1.54, 1.807) is 12.1 Å².